The van der Waals surface area contributed by atoms with Crippen molar-refractivity contribution < 1.29 is 73.1 Å². The quantitative estimate of drug-likeness (QED) is 0.0654. The largest absolute Gasteiger partial charge is 0.0580 e. The van der Waals surface area contributed by atoms with Crippen molar-refractivity contribution >= 4 is 62.0 Å². The van der Waals surface area contributed by atoms with Crippen molar-refractivity contribution in [2.75, 3.05) is 48.5 Å². The zero-order valence-electron chi connectivity index (χ0n) is 49.3. The number of rotatable bonds is 20. The van der Waals surface area contributed by atoms with Crippen LogP contribution in [0.4, 0.5) is 0 Å². The molecule has 0 aromatic heterocycles. The first-order valence-corrected chi connectivity index (χ1v) is 37.6. The van der Waals surface area contributed by atoms with Gasteiger partial charge in [0, 0.05) is 11.7 Å². The van der Waals surface area contributed by atoms with E-state index in [4.69, 9.17) is 0 Å². The van der Waals surface area contributed by atoms with Crippen LogP contribution < -0.4 is 4.50 Å². The molecule has 0 saturated carbocycles. The van der Waals surface area contributed by atoms with Crippen LogP contribution in [0.5, 0.6) is 0 Å². The summed E-state index contributed by atoms with van der Waals surface area (Å²) in [5.41, 5.74) is 4.26. The Hall–Kier alpha value is -6.11. The van der Waals surface area contributed by atoms with Gasteiger partial charge < -0.3 is 0 Å². The second kappa shape index (κ2) is 23.2. The van der Waals surface area contributed by atoms with Gasteiger partial charge in [-0.2, -0.15) is 0 Å². The molecule has 0 aliphatic heterocycles. The van der Waals surface area contributed by atoms with Crippen LogP contribution in [-0.2, 0) is 95.0 Å². The van der Waals surface area contributed by atoms with Crippen molar-refractivity contribution in [2.24, 2.45) is 0 Å². The van der Waals surface area contributed by atoms with Gasteiger partial charge in [-0.3, -0.25) is 0 Å². The van der Waals surface area contributed by atoms with Crippen LogP contribution in [0.3, 0.4) is 0 Å². The van der Waals surface area contributed by atoms with E-state index in [1.54, 1.807) is 72.8 Å². The summed E-state index contributed by atoms with van der Waals surface area (Å²) in [5, 5.41) is 0. The third kappa shape index (κ3) is 14.0. The van der Waals surface area contributed by atoms with Crippen molar-refractivity contribution in [1.82, 2.24) is 0 Å². The van der Waals surface area contributed by atoms with E-state index in [0.717, 1.165) is 45.2 Å². The maximum Gasteiger partial charge on any atom is -0.0418 e. The van der Waals surface area contributed by atoms with Gasteiger partial charge in [0.15, 0.2) is 9.84 Å². The first-order valence-electron chi connectivity index (χ1n) is 26.7. The van der Waals surface area contributed by atoms with Crippen molar-refractivity contribution in [3.05, 3.63) is 221 Å². The van der Waals surface area contributed by atoms with Gasteiger partial charge in [0.25, 0.3) is 0 Å². The van der Waals surface area contributed by atoms with Crippen molar-refractivity contribution in [3.63, 3.8) is 0 Å². The van der Waals surface area contributed by atoms with Crippen LogP contribution in [0.1, 0.15) is 66.6 Å². The number of sulfone groups is 5. The Morgan fingerprint density at radius 1 is 0.341 bits per heavy atom. The minimum absolute atomic E-state index is 0.00797. The molecule has 0 aliphatic carbocycles. The fourth-order valence-corrected chi connectivity index (χ4v) is 19.0. The molecule has 0 aliphatic rings. The molecule has 451 valence electrons. The summed E-state index contributed by atoms with van der Waals surface area (Å²) in [5.74, 6) is 0. The summed E-state index contributed by atoms with van der Waals surface area (Å²) in [6, 6.07) is 44.9. The Bertz CT molecular complexity index is 4560. The summed E-state index contributed by atoms with van der Waals surface area (Å²) in [6.07, 6.45) is 1.13. The summed E-state index contributed by atoms with van der Waals surface area (Å²) in [7, 11) is -11.8. The van der Waals surface area contributed by atoms with E-state index in [1.165, 1.54) is 109 Å². The van der Waals surface area contributed by atoms with Crippen LogP contribution in [0.25, 0.3) is 0 Å². The SMILES string of the molecule is Cc1ccc(S(=O)(=O)c2ccc(S(=O)(=O)c3ccc(C(C)(C)c4ccc([S](=O)(=O)[Co][c]5ccc(S(=O)(=O)c6ccc(S(=O)(=O)c7ccc(C(C)(C)c8ccc(S(C)(=O)=O)cc8)cc7)cc6)cc5)cc4C[N+](C)(C)C)c(C[N+](C)(C)C)c3)cc2)cc1. The standard InChI is InChI=1S/C36H45N2O6S3.C28H25O6S3.Co/c1-26-10-13-30(14-11-26)46(41,42)31-15-17-32(18-16-31)47(43,44)33-19-21-35(28(23-33)25-38(7,8)9)36(2,3)34-20-12-29(45(39)40)22-27(34)24-37(4,5)6;1-28(2,21-9-13-23(14-10-21)35(3,29)30)22-11-15-25(16-12-22)37(33,34)27-19-17-26(18-20-27)36(31,32)24-7-5-4-6-8-24;/h10-23H,24-25H2,1-9H3;5-20H,1-3H3;/q+2;;. The fourth-order valence-electron chi connectivity index (χ4n) is 10.1. The molecule has 0 heterocycles. The van der Waals surface area contributed by atoms with Crippen LogP contribution in [-0.4, -0.2) is 108 Å². The number of nitrogens with zero attached hydrogens (tertiary/aromatic N) is 2. The smallest absolute Gasteiger partial charge is 0.0418 e. The Morgan fingerprint density at radius 2 is 0.612 bits per heavy atom. The van der Waals surface area contributed by atoms with Crippen molar-refractivity contribution in [2.45, 2.75) is 107 Å². The molecule has 0 bridgehead atoms. The zero-order chi connectivity index (χ0) is 62.7. The van der Waals surface area contributed by atoms with Crippen LogP contribution in [0.2, 0.25) is 0 Å². The van der Waals surface area contributed by atoms with Gasteiger partial charge in [-0.25, -0.2) is 16.8 Å². The molecule has 14 nitrogen and oxygen atoms in total. The molecule has 0 spiro atoms. The minimum Gasteiger partial charge on any atom is -0.0580 e. The monoisotopic (exact) mass is 1310 g/mol. The number of hydrogen-bond donors (Lipinski definition) is 0. The van der Waals surface area contributed by atoms with Gasteiger partial charge in [0.05, 0.1) is 14.7 Å². The topological polar surface area (TPSA) is 205 Å². The van der Waals surface area contributed by atoms with Gasteiger partial charge in [-0.15, -0.1) is 0 Å². The normalized spacial score (nSPS) is 13.5. The second-order valence-electron chi connectivity index (χ2n) is 24.3. The van der Waals surface area contributed by atoms with E-state index < -0.39 is 68.3 Å². The van der Waals surface area contributed by atoms with Gasteiger partial charge >= 0.3 is 327 Å². The number of aryl methyl sites for hydroxylation is 1. The molecule has 0 fully saturated rings. The summed E-state index contributed by atoms with van der Waals surface area (Å²) < 4.78 is 165. The fraction of sp³-hybridized carbons (Fsp3) is 0.250. The number of benzene rings is 8. The molecule has 0 N–H and O–H groups in total. The molecule has 21 heteroatoms. The molecule has 0 saturated heterocycles. The van der Waals surface area contributed by atoms with E-state index in [1.807, 2.05) is 76.9 Å². The Morgan fingerprint density at radius 3 is 0.953 bits per heavy atom. The molecule has 85 heavy (non-hydrogen) atoms. The second-order valence-corrected chi connectivity index (χ2v) is 38.5. The first kappa shape index (κ1) is 64.9. The van der Waals surface area contributed by atoms with Crippen LogP contribution >= 0.6 is 0 Å². The maximum absolute atomic E-state index is 14.3. The molecule has 8 rings (SSSR count). The predicted octanol–water partition coefficient (Wildman–Crippen LogP) is 9.89. The average molecular weight is 1310 g/mol. The average Bonchev–Trinajstić information content (AvgIpc) is 1.31. The molecule has 0 radical (unpaired) electrons. The molecule has 8 aromatic carbocycles. The zero-order valence-corrected chi connectivity index (χ0v) is 55.3. The van der Waals surface area contributed by atoms with E-state index in [-0.39, 0.29) is 62.5 Å². The summed E-state index contributed by atoms with van der Waals surface area (Å²) >= 11 is -0.0674. The van der Waals surface area contributed by atoms with Gasteiger partial charge in [-0.1, -0.05) is 55.8 Å². The predicted molar refractivity (Wildman–Crippen MR) is 326 cm³/mol. The number of hydrogen-bond acceptors (Lipinski definition) is 12. The van der Waals surface area contributed by atoms with E-state index in [0.29, 0.717) is 26.6 Å². The van der Waals surface area contributed by atoms with Gasteiger partial charge in [-0.05, 0) is 66.6 Å². The van der Waals surface area contributed by atoms with Gasteiger partial charge in [0.1, 0.15) is 0 Å². The Labute approximate surface area is 508 Å². The maximum atomic E-state index is 14.3. The third-order valence-corrected chi connectivity index (χ3v) is 26.8. The molecule has 8 aromatic rings. The third-order valence-electron chi connectivity index (χ3n) is 14.8. The molecular weight excluding hydrogens is 1240 g/mol. The van der Waals surface area contributed by atoms with Crippen molar-refractivity contribution in [1.29, 1.82) is 0 Å². The Balaban J connectivity index is 1.01. The Kier molecular flexibility index (Phi) is 17.7. The number of quaternary nitrogens is 2. The molecular formula is C64H70CoN2O12S6+2. The molecule has 0 amide bonds. The minimum atomic E-state index is -4.19. The van der Waals surface area contributed by atoms with Crippen LogP contribution in [0, 0.1) is 6.92 Å². The van der Waals surface area contributed by atoms with E-state index in [2.05, 4.69) is 0 Å². The van der Waals surface area contributed by atoms with Gasteiger partial charge in [0.2, 0.25) is 9.84 Å². The summed E-state index contributed by atoms with van der Waals surface area (Å²) in [6.45, 7) is 10.6. The van der Waals surface area contributed by atoms with Crippen LogP contribution in [0.15, 0.2) is 231 Å². The van der Waals surface area contributed by atoms with Crippen molar-refractivity contribution in [3.8, 4) is 0 Å². The first-order chi connectivity index (χ1) is 39.1. The summed E-state index contributed by atoms with van der Waals surface area (Å²) in [4.78, 5) is -0.165. The van der Waals surface area contributed by atoms with E-state index >= 15 is 0 Å². The van der Waals surface area contributed by atoms with E-state index in [9.17, 15) is 50.5 Å². The molecule has 0 atom stereocenters. The molecule has 0 unspecified atom stereocenters.